The first-order valence-corrected chi connectivity index (χ1v) is 10.7. The molecule has 1 aliphatic rings. The van der Waals surface area contributed by atoms with Gasteiger partial charge in [0, 0.05) is 22.6 Å². The van der Waals surface area contributed by atoms with Gasteiger partial charge in [0.2, 0.25) is 0 Å². The maximum atomic E-state index is 13.2. The summed E-state index contributed by atoms with van der Waals surface area (Å²) < 4.78 is 19.1. The van der Waals surface area contributed by atoms with E-state index in [0.29, 0.717) is 6.42 Å². The molecule has 2 N–H and O–H groups in total. The SMILES string of the molecule is Cc1ccc(C2OC(C)CC(O)C2O)cc1Cc1ccc(-c2ccc(F)cc2)s1. The van der Waals surface area contributed by atoms with E-state index in [1.165, 1.54) is 28.1 Å². The molecular weight excluding hydrogens is 387 g/mol. The molecule has 0 saturated carbocycles. The molecule has 4 atom stereocenters. The summed E-state index contributed by atoms with van der Waals surface area (Å²) in [4.78, 5) is 2.32. The van der Waals surface area contributed by atoms with Gasteiger partial charge in [-0.2, -0.15) is 0 Å². The van der Waals surface area contributed by atoms with Crippen LogP contribution in [0.3, 0.4) is 0 Å². The largest absolute Gasteiger partial charge is 0.390 e. The third-order valence-corrected chi connectivity index (χ3v) is 6.65. The fourth-order valence-corrected chi connectivity index (χ4v) is 4.87. The Balaban J connectivity index is 1.56. The minimum Gasteiger partial charge on any atom is -0.390 e. The van der Waals surface area contributed by atoms with Gasteiger partial charge in [0.05, 0.1) is 12.2 Å². The Kier molecular flexibility index (Phi) is 5.83. The predicted octanol–water partition coefficient (Wildman–Crippen LogP) is 5.03. The van der Waals surface area contributed by atoms with Gasteiger partial charge in [-0.3, -0.25) is 0 Å². The number of ether oxygens (including phenoxy) is 1. The number of benzene rings is 2. The van der Waals surface area contributed by atoms with Crippen molar-refractivity contribution < 1.29 is 19.3 Å². The number of thiophene rings is 1. The maximum absolute atomic E-state index is 13.2. The number of aliphatic hydroxyl groups excluding tert-OH is 2. The van der Waals surface area contributed by atoms with Crippen molar-refractivity contribution in [2.75, 3.05) is 0 Å². The fraction of sp³-hybridized carbons (Fsp3) is 0.333. The Morgan fingerprint density at radius 1 is 1.07 bits per heavy atom. The maximum Gasteiger partial charge on any atom is 0.123 e. The van der Waals surface area contributed by atoms with Crippen molar-refractivity contribution in [1.29, 1.82) is 0 Å². The molecule has 152 valence electrons. The second-order valence-corrected chi connectivity index (χ2v) is 8.96. The molecule has 3 aromatic rings. The Hall–Kier alpha value is -2.05. The van der Waals surface area contributed by atoms with E-state index in [1.807, 2.05) is 19.1 Å². The van der Waals surface area contributed by atoms with Crippen molar-refractivity contribution in [1.82, 2.24) is 0 Å². The lowest BCUT2D eigenvalue weighted by Crippen LogP contribution is -2.42. The van der Waals surface area contributed by atoms with Gasteiger partial charge in [0.25, 0.3) is 0 Å². The molecule has 5 heteroatoms. The number of halogens is 1. The van der Waals surface area contributed by atoms with Crippen LogP contribution in [0, 0.1) is 12.7 Å². The molecular formula is C24H25FO3S. The van der Waals surface area contributed by atoms with E-state index in [1.54, 1.807) is 23.5 Å². The van der Waals surface area contributed by atoms with Gasteiger partial charge in [-0.25, -0.2) is 4.39 Å². The molecule has 0 spiro atoms. The summed E-state index contributed by atoms with van der Waals surface area (Å²) in [7, 11) is 0. The van der Waals surface area contributed by atoms with Crippen LogP contribution < -0.4 is 0 Å². The molecule has 3 nitrogen and oxygen atoms in total. The molecule has 1 aromatic heterocycles. The van der Waals surface area contributed by atoms with Crippen LogP contribution in [0.15, 0.2) is 54.6 Å². The zero-order valence-corrected chi connectivity index (χ0v) is 17.3. The van der Waals surface area contributed by atoms with Crippen LogP contribution >= 0.6 is 11.3 Å². The van der Waals surface area contributed by atoms with Crippen LogP contribution in [0.25, 0.3) is 10.4 Å². The minimum absolute atomic E-state index is 0.0984. The number of hydrogen-bond donors (Lipinski definition) is 2. The standard InChI is InChI=1S/C24H25FO3S/c1-14-3-4-17(24-23(27)21(26)11-15(2)28-24)12-18(14)13-20-9-10-22(29-20)16-5-7-19(25)8-6-16/h3-10,12,15,21,23-24,26-27H,11,13H2,1-2H3. The minimum atomic E-state index is -0.923. The van der Waals surface area contributed by atoms with Gasteiger partial charge in [0.15, 0.2) is 0 Å². The molecule has 0 bridgehead atoms. The van der Waals surface area contributed by atoms with Crippen molar-refractivity contribution in [3.8, 4) is 10.4 Å². The summed E-state index contributed by atoms with van der Waals surface area (Å²) >= 11 is 1.70. The predicted molar refractivity (Wildman–Crippen MR) is 114 cm³/mol. The monoisotopic (exact) mass is 412 g/mol. The molecule has 0 aliphatic carbocycles. The van der Waals surface area contributed by atoms with E-state index in [-0.39, 0.29) is 11.9 Å². The van der Waals surface area contributed by atoms with Crippen LogP contribution in [-0.4, -0.2) is 28.5 Å². The highest BCUT2D eigenvalue weighted by molar-refractivity contribution is 7.15. The lowest BCUT2D eigenvalue weighted by atomic mass is 9.91. The number of rotatable bonds is 4. The van der Waals surface area contributed by atoms with Crippen molar-refractivity contribution >= 4 is 11.3 Å². The van der Waals surface area contributed by atoms with Gasteiger partial charge < -0.3 is 14.9 Å². The summed E-state index contributed by atoms with van der Waals surface area (Å²) in [5.74, 6) is -0.232. The first-order valence-electron chi connectivity index (χ1n) is 9.86. The van der Waals surface area contributed by atoms with E-state index >= 15 is 0 Å². The molecule has 1 aliphatic heterocycles. The quantitative estimate of drug-likeness (QED) is 0.632. The lowest BCUT2D eigenvalue weighted by molar-refractivity contribution is -0.166. The van der Waals surface area contributed by atoms with Crippen LogP contribution in [-0.2, 0) is 11.2 Å². The topological polar surface area (TPSA) is 49.7 Å². The molecule has 1 saturated heterocycles. The van der Waals surface area contributed by atoms with Crippen LogP contribution in [0.5, 0.6) is 0 Å². The van der Waals surface area contributed by atoms with Crippen molar-refractivity contribution in [2.45, 2.75) is 51.1 Å². The zero-order valence-electron chi connectivity index (χ0n) is 16.5. The number of aliphatic hydroxyl groups is 2. The van der Waals surface area contributed by atoms with E-state index in [2.05, 4.69) is 25.1 Å². The Bertz CT molecular complexity index is 982. The normalized spacial score (nSPS) is 24.6. The van der Waals surface area contributed by atoms with Gasteiger partial charge in [-0.05, 0) is 60.4 Å². The molecule has 0 radical (unpaired) electrons. The second kappa shape index (κ2) is 8.36. The highest BCUT2D eigenvalue weighted by Gasteiger charge is 2.36. The van der Waals surface area contributed by atoms with Gasteiger partial charge in [-0.15, -0.1) is 11.3 Å². The van der Waals surface area contributed by atoms with E-state index in [4.69, 9.17) is 4.74 Å². The van der Waals surface area contributed by atoms with Crippen molar-refractivity contribution in [3.05, 3.63) is 82.0 Å². The molecule has 1 fully saturated rings. The fourth-order valence-electron chi connectivity index (χ4n) is 3.83. The number of aryl methyl sites for hydroxylation is 1. The first-order chi connectivity index (χ1) is 13.9. The average molecular weight is 413 g/mol. The Labute approximate surface area is 174 Å². The van der Waals surface area contributed by atoms with E-state index < -0.39 is 18.3 Å². The van der Waals surface area contributed by atoms with Gasteiger partial charge >= 0.3 is 0 Å². The summed E-state index contributed by atoms with van der Waals surface area (Å²) in [5.41, 5.74) is 4.23. The van der Waals surface area contributed by atoms with Crippen molar-refractivity contribution in [3.63, 3.8) is 0 Å². The van der Waals surface area contributed by atoms with Gasteiger partial charge in [0.1, 0.15) is 18.0 Å². The smallest absolute Gasteiger partial charge is 0.123 e. The molecule has 29 heavy (non-hydrogen) atoms. The van der Waals surface area contributed by atoms with Crippen LogP contribution in [0.2, 0.25) is 0 Å². The molecule has 2 aromatic carbocycles. The Morgan fingerprint density at radius 3 is 2.59 bits per heavy atom. The second-order valence-electron chi connectivity index (χ2n) is 7.80. The third kappa shape index (κ3) is 4.43. The molecule has 4 unspecified atom stereocenters. The van der Waals surface area contributed by atoms with E-state index in [0.717, 1.165) is 22.4 Å². The van der Waals surface area contributed by atoms with Gasteiger partial charge in [-0.1, -0.05) is 30.3 Å². The lowest BCUT2D eigenvalue weighted by Gasteiger charge is -2.36. The van der Waals surface area contributed by atoms with Crippen molar-refractivity contribution in [2.24, 2.45) is 0 Å². The summed E-state index contributed by atoms with van der Waals surface area (Å²) in [6.45, 7) is 3.99. The first kappa shape index (κ1) is 20.2. The van der Waals surface area contributed by atoms with Crippen LogP contribution in [0.4, 0.5) is 4.39 Å². The highest BCUT2D eigenvalue weighted by atomic mass is 32.1. The number of hydrogen-bond acceptors (Lipinski definition) is 4. The zero-order chi connectivity index (χ0) is 20.5. The molecule has 0 amide bonds. The average Bonchev–Trinajstić information content (AvgIpc) is 3.15. The third-order valence-electron chi connectivity index (χ3n) is 5.51. The van der Waals surface area contributed by atoms with E-state index in [9.17, 15) is 14.6 Å². The summed E-state index contributed by atoms with van der Waals surface area (Å²) in [6, 6.07) is 16.8. The molecule has 2 heterocycles. The van der Waals surface area contributed by atoms with Crippen LogP contribution in [0.1, 0.15) is 41.0 Å². The Morgan fingerprint density at radius 2 is 1.83 bits per heavy atom. The molecule has 4 rings (SSSR count). The summed E-state index contributed by atoms with van der Waals surface area (Å²) in [5, 5.41) is 20.5. The summed E-state index contributed by atoms with van der Waals surface area (Å²) in [6.07, 6.45) is -1.10. The highest BCUT2D eigenvalue weighted by Crippen LogP contribution is 2.34.